The first-order valence-corrected chi connectivity index (χ1v) is 9.29. The van der Waals surface area contributed by atoms with E-state index in [0.717, 1.165) is 18.8 Å². The summed E-state index contributed by atoms with van der Waals surface area (Å²) in [5.41, 5.74) is 0.0188. The smallest absolute Gasteiger partial charge is 0.0613 e. The summed E-state index contributed by atoms with van der Waals surface area (Å²) < 4.78 is 0. The van der Waals surface area contributed by atoms with Gasteiger partial charge in [-0.05, 0) is 64.3 Å². The Bertz CT molecular complexity index is 325. The molecule has 2 N–H and O–H groups in total. The second-order valence-corrected chi connectivity index (χ2v) is 8.05. The van der Waals surface area contributed by atoms with Crippen LogP contribution in [0.1, 0.15) is 70.6 Å². The van der Waals surface area contributed by atoms with Crippen molar-refractivity contribution < 1.29 is 5.11 Å². The van der Waals surface area contributed by atoms with Crippen molar-refractivity contribution >= 4 is 0 Å². The first kappa shape index (κ1) is 15.8. The van der Waals surface area contributed by atoms with E-state index in [4.69, 9.17) is 0 Å². The molecule has 3 rings (SSSR count). The molecule has 122 valence electrons. The first-order chi connectivity index (χ1) is 10.2. The van der Waals surface area contributed by atoms with Gasteiger partial charge in [-0.25, -0.2) is 0 Å². The molecule has 0 aromatic heterocycles. The average Bonchev–Trinajstić information content (AvgIpc) is 3.32. The topological polar surface area (TPSA) is 35.5 Å². The molecule has 2 unspecified atom stereocenters. The predicted molar refractivity (Wildman–Crippen MR) is 87.4 cm³/mol. The molecule has 0 amide bonds. The third-order valence-electron chi connectivity index (χ3n) is 6.10. The lowest BCUT2D eigenvalue weighted by molar-refractivity contribution is 0.0597. The van der Waals surface area contributed by atoms with E-state index in [1.807, 2.05) is 0 Å². The van der Waals surface area contributed by atoms with Crippen molar-refractivity contribution in [3.8, 4) is 0 Å². The summed E-state index contributed by atoms with van der Waals surface area (Å²) in [7, 11) is 2.32. The van der Waals surface area contributed by atoms with E-state index in [9.17, 15) is 5.11 Å². The van der Waals surface area contributed by atoms with Crippen LogP contribution < -0.4 is 5.32 Å². The van der Waals surface area contributed by atoms with Crippen LogP contribution in [0.3, 0.4) is 0 Å². The maximum atomic E-state index is 9.96. The van der Waals surface area contributed by atoms with Crippen LogP contribution >= 0.6 is 0 Å². The maximum Gasteiger partial charge on any atom is 0.0613 e. The Kier molecular flexibility index (Phi) is 5.23. The zero-order chi connectivity index (χ0) is 14.7. The van der Waals surface area contributed by atoms with Gasteiger partial charge in [-0.1, -0.05) is 19.3 Å². The lowest BCUT2D eigenvalue weighted by atomic mass is 9.78. The number of rotatable bonds is 6. The SMILES string of the molecule is CN(CC1CCCCC1)C1CCCC(CO)(NC2CC2)C1. The van der Waals surface area contributed by atoms with Crippen LogP contribution in [-0.2, 0) is 0 Å². The summed E-state index contributed by atoms with van der Waals surface area (Å²) in [6.07, 6.45) is 14.7. The van der Waals surface area contributed by atoms with Crippen LogP contribution in [0, 0.1) is 5.92 Å². The highest BCUT2D eigenvalue weighted by Crippen LogP contribution is 2.35. The second kappa shape index (κ2) is 6.97. The van der Waals surface area contributed by atoms with Crippen LogP contribution in [0.2, 0.25) is 0 Å². The minimum Gasteiger partial charge on any atom is -0.394 e. The summed E-state index contributed by atoms with van der Waals surface area (Å²) in [4.78, 5) is 2.62. The van der Waals surface area contributed by atoms with Gasteiger partial charge in [-0.15, -0.1) is 0 Å². The Morgan fingerprint density at radius 1 is 1.05 bits per heavy atom. The quantitative estimate of drug-likeness (QED) is 0.790. The molecule has 0 bridgehead atoms. The van der Waals surface area contributed by atoms with Gasteiger partial charge in [0, 0.05) is 24.2 Å². The van der Waals surface area contributed by atoms with Crippen molar-refractivity contribution in [2.24, 2.45) is 5.92 Å². The Balaban J connectivity index is 1.53. The van der Waals surface area contributed by atoms with Gasteiger partial charge in [0.15, 0.2) is 0 Å². The highest BCUT2D eigenvalue weighted by atomic mass is 16.3. The Hall–Kier alpha value is -0.120. The third-order valence-corrected chi connectivity index (χ3v) is 6.10. The molecule has 3 fully saturated rings. The Morgan fingerprint density at radius 3 is 2.48 bits per heavy atom. The molecule has 0 aliphatic heterocycles. The molecule has 0 saturated heterocycles. The fourth-order valence-corrected chi connectivity index (χ4v) is 4.61. The van der Waals surface area contributed by atoms with Gasteiger partial charge in [0.05, 0.1) is 6.61 Å². The van der Waals surface area contributed by atoms with Crippen LogP contribution in [-0.4, -0.2) is 47.8 Å². The van der Waals surface area contributed by atoms with Gasteiger partial charge in [0.25, 0.3) is 0 Å². The van der Waals surface area contributed by atoms with Crippen molar-refractivity contribution in [3.05, 3.63) is 0 Å². The van der Waals surface area contributed by atoms with Crippen molar-refractivity contribution in [1.82, 2.24) is 10.2 Å². The molecule has 3 nitrogen and oxygen atoms in total. The molecular weight excluding hydrogens is 260 g/mol. The standard InChI is InChI=1S/C18H34N2O/c1-20(13-15-6-3-2-4-7-15)17-8-5-11-18(12-17,14-21)19-16-9-10-16/h15-17,19,21H,2-14H2,1H3. The highest BCUT2D eigenvalue weighted by molar-refractivity contribution is 5.00. The molecule has 2 atom stereocenters. The van der Waals surface area contributed by atoms with Crippen molar-refractivity contribution in [1.29, 1.82) is 0 Å². The van der Waals surface area contributed by atoms with Gasteiger partial charge >= 0.3 is 0 Å². The van der Waals surface area contributed by atoms with Crippen LogP contribution in [0.4, 0.5) is 0 Å². The molecule has 0 spiro atoms. The van der Waals surface area contributed by atoms with E-state index in [-0.39, 0.29) is 5.54 Å². The molecule has 0 heterocycles. The van der Waals surface area contributed by atoms with Crippen LogP contribution in [0.25, 0.3) is 0 Å². The first-order valence-electron chi connectivity index (χ1n) is 9.29. The van der Waals surface area contributed by atoms with E-state index < -0.39 is 0 Å². The monoisotopic (exact) mass is 294 g/mol. The van der Waals surface area contributed by atoms with Crippen molar-refractivity contribution in [2.45, 2.75) is 88.3 Å². The average molecular weight is 294 g/mol. The normalized spacial score (nSPS) is 35.3. The van der Waals surface area contributed by atoms with Gasteiger partial charge in [-0.2, -0.15) is 0 Å². The second-order valence-electron chi connectivity index (χ2n) is 8.05. The lowest BCUT2D eigenvalue weighted by Crippen LogP contribution is -2.56. The zero-order valence-corrected chi connectivity index (χ0v) is 13.8. The molecule has 3 saturated carbocycles. The summed E-state index contributed by atoms with van der Waals surface area (Å²) in [6.45, 7) is 1.59. The number of hydrogen-bond donors (Lipinski definition) is 2. The van der Waals surface area contributed by atoms with Gasteiger partial charge in [0.1, 0.15) is 0 Å². The van der Waals surface area contributed by atoms with Gasteiger partial charge in [0.2, 0.25) is 0 Å². The van der Waals surface area contributed by atoms with Crippen LogP contribution in [0.5, 0.6) is 0 Å². The Morgan fingerprint density at radius 2 is 1.81 bits per heavy atom. The van der Waals surface area contributed by atoms with E-state index in [0.29, 0.717) is 18.7 Å². The van der Waals surface area contributed by atoms with Gasteiger partial charge in [-0.3, -0.25) is 0 Å². The minimum absolute atomic E-state index is 0.0188. The largest absolute Gasteiger partial charge is 0.394 e. The summed E-state index contributed by atoms with van der Waals surface area (Å²) >= 11 is 0. The van der Waals surface area contributed by atoms with E-state index >= 15 is 0 Å². The number of aliphatic hydroxyl groups is 1. The number of aliphatic hydroxyl groups excluding tert-OH is 1. The molecule has 3 aliphatic rings. The molecule has 0 aromatic carbocycles. The van der Waals surface area contributed by atoms with Crippen LogP contribution in [0.15, 0.2) is 0 Å². The minimum atomic E-state index is 0.0188. The molecule has 21 heavy (non-hydrogen) atoms. The Labute approximate surface area is 130 Å². The molecule has 3 aliphatic carbocycles. The van der Waals surface area contributed by atoms with E-state index in [2.05, 4.69) is 17.3 Å². The van der Waals surface area contributed by atoms with E-state index in [1.165, 1.54) is 64.3 Å². The summed E-state index contributed by atoms with van der Waals surface area (Å²) in [6, 6.07) is 1.36. The van der Waals surface area contributed by atoms with Crippen molar-refractivity contribution in [2.75, 3.05) is 20.2 Å². The molecule has 3 heteroatoms. The zero-order valence-electron chi connectivity index (χ0n) is 13.8. The number of nitrogens with zero attached hydrogens (tertiary/aromatic N) is 1. The van der Waals surface area contributed by atoms with E-state index in [1.54, 1.807) is 0 Å². The molecular formula is C18H34N2O. The predicted octanol–water partition coefficient (Wildman–Crippen LogP) is 2.92. The lowest BCUT2D eigenvalue weighted by Gasteiger charge is -2.44. The summed E-state index contributed by atoms with van der Waals surface area (Å²) in [5.74, 6) is 0.922. The third kappa shape index (κ3) is 4.20. The molecule has 0 radical (unpaired) electrons. The fraction of sp³-hybridized carbons (Fsp3) is 1.00. The van der Waals surface area contributed by atoms with Crippen molar-refractivity contribution in [3.63, 3.8) is 0 Å². The highest BCUT2D eigenvalue weighted by Gasteiger charge is 2.40. The maximum absolute atomic E-state index is 9.96. The number of hydrogen-bond acceptors (Lipinski definition) is 3. The van der Waals surface area contributed by atoms with Gasteiger partial charge < -0.3 is 15.3 Å². The fourth-order valence-electron chi connectivity index (χ4n) is 4.61. The number of nitrogens with one attached hydrogen (secondary N) is 1. The molecule has 0 aromatic rings. The summed E-state index contributed by atoms with van der Waals surface area (Å²) in [5, 5.41) is 13.7.